The average molecular weight is 394 g/mol. The molecule has 1 heterocycles. The summed E-state index contributed by atoms with van der Waals surface area (Å²) in [6, 6.07) is 7.53. The monoisotopic (exact) mass is 393 g/mol. The van der Waals surface area contributed by atoms with E-state index < -0.39 is 0 Å². The summed E-state index contributed by atoms with van der Waals surface area (Å²) in [5, 5.41) is 9.62. The van der Waals surface area contributed by atoms with E-state index in [1.807, 2.05) is 25.1 Å². The van der Waals surface area contributed by atoms with Gasteiger partial charge in [-0.15, -0.1) is 0 Å². The number of rotatable bonds is 8. The van der Waals surface area contributed by atoms with Crippen LogP contribution in [0.25, 0.3) is 0 Å². The SMILES string of the molecule is CCNC(=NCC(C)(C)Cc1cccc(Cl)c1)NCCN1C(=O)CNC1=O. The van der Waals surface area contributed by atoms with E-state index in [1.54, 1.807) is 0 Å². The van der Waals surface area contributed by atoms with E-state index in [0.717, 1.165) is 18.0 Å². The summed E-state index contributed by atoms with van der Waals surface area (Å²) < 4.78 is 0. The Morgan fingerprint density at radius 3 is 2.74 bits per heavy atom. The Bertz CT molecular complexity index is 689. The highest BCUT2D eigenvalue weighted by Gasteiger charge is 2.27. The molecule has 1 fully saturated rings. The van der Waals surface area contributed by atoms with Crippen LogP contribution in [0.2, 0.25) is 5.02 Å². The van der Waals surface area contributed by atoms with Gasteiger partial charge in [0.15, 0.2) is 5.96 Å². The summed E-state index contributed by atoms with van der Waals surface area (Å²) >= 11 is 6.07. The Kier molecular flexibility index (Phi) is 7.47. The Balaban J connectivity index is 1.89. The number of amides is 3. The van der Waals surface area contributed by atoms with E-state index >= 15 is 0 Å². The Morgan fingerprint density at radius 2 is 2.11 bits per heavy atom. The van der Waals surface area contributed by atoms with Crippen LogP contribution >= 0.6 is 11.6 Å². The zero-order valence-corrected chi connectivity index (χ0v) is 16.9. The maximum Gasteiger partial charge on any atom is 0.324 e. The lowest BCUT2D eigenvalue weighted by atomic mass is 9.86. The van der Waals surface area contributed by atoms with Gasteiger partial charge in [0.05, 0.1) is 6.54 Å². The molecule has 27 heavy (non-hydrogen) atoms. The van der Waals surface area contributed by atoms with E-state index in [4.69, 9.17) is 11.6 Å². The first-order valence-electron chi connectivity index (χ1n) is 9.15. The maximum atomic E-state index is 11.6. The van der Waals surface area contributed by atoms with Crippen LogP contribution in [0.1, 0.15) is 26.3 Å². The van der Waals surface area contributed by atoms with Crippen molar-refractivity contribution in [2.24, 2.45) is 10.4 Å². The lowest BCUT2D eigenvalue weighted by Crippen LogP contribution is -2.43. The van der Waals surface area contributed by atoms with E-state index in [-0.39, 0.29) is 23.9 Å². The van der Waals surface area contributed by atoms with Crippen LogP contribution in [-0.2, 0) is 11.2 Å². The van der Waals surface area contributed by atoms with E-state index in [0.29, 0.717) is 25.6 Å². The number of carbonyl (C=O) groups is 2. The van der Waals surface area contributed by atoms with Gasteiger partial charge in [-0.2, -0.15) is 0 Å². The first-order chi connectivity index (χ1) is 12.8. The van der Waals surface area contributed by atoms with Crippen molar-refractivity contribution in [1.82, 2.24) is 20.9 Å². The van der Waals surface area contributed by atoms with Crippen molar-refractivity contribution in [1.29, 1.82) is 0 Å². The Hall–Kier alpha value is -2.28. The first kappa shape index (κ1) is 21.0. The summed E-state index contributed by atoms with van der Waals surface area (Å²) in [7, 11) is 0. The minimum absolute atomic E-state index is 0.0438. The second kappa shape index (κ2) is 9.60. The molecule has 7 nitrogen and oxygen atoms in total. The average Bonchev–Trinajstić information content (AvgIpc) is 2.91. The van der Waals surface area contributed by atoms with Crippen molar-refractivity contribution in [2.75, 3.05) is 32.7 Å². The molecule has 0 bridgehead atoms. The molecule has 148 valence electrons. The lowest BCUT2D eigenvalue weighted by molar-refractivity contribution is -0.124. The van der Waals surface area contributed by atoms with Gasteiger partial charge in [-0.25, -0.2) is 4.79 Å². The standard InChI is InChI=1S/C19H28ClN5O2/c1-4-21-17(22-8-9-25-16(26)12-23-18(25)27)24-13-19(2,3)11-14-6-5-7-15(20)10-14/h5-7,10H,4,8-9,11-13H2,1-3H3,(H,23,27)(H2,21,22,24). The molecule has 3 amide bonds. The first-order valence-corrected chi connectivity index (χ1v) is 9.53. The van der Waals surface area contributed by atoms with Crippen LogP contribution in [-0.4, -0.2) is 55.5 Å². The summed E-state index contributed by atoms with van der Waals surface area (Å²) in [5.41, 5.74) is 1.14. The van der Waals surface area contributed by atoms with Crippen molar-refractivity contribution < 1.29 is 9.59 Å². The lowest BCUT2D eigenvalue weighted by Gasteiger charge is -2.23. The third-order valence-corrected chi connectivity index (χ3v) is 4.38. The molecule has 8 heteroatoms. The molecular weight excluding hydrogens is 366 g/mol. The van der Waals surface area contributed by atoms with Gasteiger partial charge in [-0.05, 0) is 36.5 Å². The number of benzene rings is 1. The molecular formula is C19H28ClN5O2. The van der Waals surface area contributed by atoms with Crippen molar-refractivity contribution in [2.45, 2.75) is 27.2 Å². The van der Waals surface area contributed by atoms with E-state index in [9.17, 15) is 9.59 Å². The number of nitrogens with one attached hydrogen (secondary N) is 3. The topological polar surface area (TPSA) is 85.8 Å². The number of imide groups is 1. The molecule has 0 aromatic heterocycles. The van der Waals surface area contributed by atoms with E-state index in [2.05, 4.69) is 40.9 Å². The van der Waals surface area contributed by atoms with Crippen LogP contribution in [0.15, 0.2) is 29.3 Å². The normalized spacial score (nSPS) is 15.1. The highest BCUT2D eigenvalue weighted by atomic mass is 35.5. The van der Waals surface area contributed by atoms with Gasteiger partial charge < -0.3 is 16.0 Å². The second-order valence-corrected chi connectivity index (χ2v) is 7.73. The molecule has 1 saturated heterocycles. The predicted octanol–water partition coefficient (Wildman–Crippen LogP) is 2.02. The summed E-state index contributed by atoms with van der Waals surface area (Å²) in [4.78, 5) is 29.0. The number of urea groups is 1. The predicted molar refractivity (Wildman–Crippen MR) is 108 cm³/mol. The molecule has 0 aliphatic carbocycles. The van der Waals surface area contributed by atoms with E-state index in [1.165, 1.54) is 10.5 Å². The molecule has 0 spiro atoms. The van der Waals surface area contributed by atoms with Crippen molar-refractivity contribution in [3.8, 4) is 0 Å². The van der Waals surface area contributed by atoms with Gasteiger partial charge in [0, 0.05) is 31.2 Å². The van der Waals surface area contributed by atoms with Gasteiger partial charge >= 0.3 is 6.03 Å². The quantitative estimate of drug-likeness (QED) is 0.358. The Morgan fingerprint density at radius 1 is 1.33 bits per heavy atom. The molecule has 1 aromatic carbocycles. The fraction of sp³-hybridized carbons (Fsp3) is 0.526. The third-order valence-electron chi connectivity index (χ3n) is 4.15. The molecule has 2 rings (SSSR count). The zero-order valence-electron chi connectivity index (χ0n) is 16.1. The van der Waals surface area contributed by atoms with Gasteiger partial charge in [0.1, 0.15) is 0 Å². The number of halogens is 1. The van der Waals surface area contributed by atoms with Gasteiger partial charge in [-0.3, -0.25) is 14.7 Å². The fourth-order valence-corrected chi connectivity index (χ4v) is 3.07. The number of nitrogens with zero attached hydrogens (tertiary/aromatic N) is 2. The number of guanidine groups is 1. The molecule has 3 N–H and O–H groups in total. The minimum Gasteiger partial charge on any atom is -0.357 e. The van der Waals surface area contributed by atoms with Crippen molar-refractivity contribution in [3.05, 3.63) is 34.9 Å². The number of carbonyl (C=O) groups excluding carboxylic acids is 2. The number of hydrogen-bond acceptors (Lipinski definition) is 3. The molecule has 0 radical (unpaired) electrons. The zero-order chi connectivity index (χ0) is 19.9. The molecule has 1 aliphatic heterocycles. The molecule has 1 aromatic rings. The molecule has 0 saturated carbocycles. The van der Waals surface area contributed by atoms with Gasteiger partial charge in [-0.1, -0.05) is 37.6 Å². The molecule has 0 atom stereocenters. The highest BCUT2D eigenvalue weighted by molar-refractivity contribution is 6.30. The van der Waals surface area contributed by atoms with Crippen molar-refractivity contribution in [3.63, 3.8) is 0 Å². The third kappa shape index (κ3) is 6.75. The van der Waals surface area contributed by atoms with Crippen LogP contribution in [0.3, 0.4) is 0 Å². The largest absolute Gasteiger partial charge is 0.357 e. The van der Waals surface area contributed by atoms with Gasteiger partial charge in [0.2, 0.25) is 5.91 Å². The second-order valence-electron chi connectivity index (χ2n) is 7.30. The molecule has 0 unspecified atom stereocenters. The van der Waals surface area contributed by atoms with Gasteiger partial charge in [0.25, 0.3) is 0 Å². The maximum absolute atomic E-state index is 11.6. The number of hydrogen-bond donors (Lipinski definition) is 3. The summed E-state index contributed by atoms with van der Waals surface area (Å²) in [6.45, 7) is 8.49. The van der Waals surface area contributed by atoms with Crippen molar-refractivity contribution >= 4 is 29.5 Å². The smallest absolute Gasteiger partial charge is 0.324 e. The molecule has 1 aliphatic rings. The van der Waals surface area contributed by atoms with Crippen LogP contribution in [0, 0.1) is 5.41 Å². The minimum atomic E-state index is -0.341. The fourth-order valence-electron chi connectivity index (χ4n) is 2.86. The Labute approximate surface area is 165 Å². The van der Waals surface area contributed by atoms with Crippen LogP contribution in [0.5, 0.6) is 0 Å². The van der Waals surface area contributed by atoms with Crippen LogP contribution in [0.4, 0.5) is 4.79 Å². The highest BCUT2D eigenvalue weighted by Crippen LogP contribution is 2.23. The number of aliphatic imine (C=N–C) groups is 1. The summed E-state index contributed by atoms with van der Waals surface area (Å²) in [5.74, 6) is 0.468. The van der Waals surface area contributed by atoms with Crippen LogP contribution < -0.4 is 16.0 Å². The summed E-state index contributed by atoms with van der Waals surface area (Å²) in [6.07, 6.45) is 0.860.